The van der Waals surface area contributed by atoms with Crippen LogP contribution in [0, 0.1) is 6.92 Å². The molecule has 0 aliphatic carbocycles. The monoisotopic (exact) mass is 169 g/mol. The van der Waals surface area contributed by atoms with E-state index < -0.39 is 0 Å². The zero-order valence-electron chi connectivity index (χ0n) is 7.03. The van der Waals surface area contributed by atoms with E-state index in [9.17, 15) is 0 Å². The highest BCUT2D eigenvalue weighted by atomic mass is 16.6. The number of nitrogens with zero attached hydrogens (tertiary/aromatic N) is 2. The van der Waals surface area contributed by atoms with Crippen molar-refractivity contribution >= 4 is 0 Å². The molecular formula is C8H13N2O2. The van der Waals surface area contributed by atoms with Crippen LogP contribution in [-0.2, 0) is 11.3 Å². The average molecular weight is 169 g/mol. The molecule has 0 saturated carbocycles. The Hall–Kier alpha value is -0.900. The van der Waals surface area contributed by atoms with Crippen molar-refractivity contribution in [2.45, 2.75) is 25.9 Å². The third-order valence-corrected chi connectivity index (χ3v) is 1.45. The number of aromatic nitrogens is 2. The van der Waals surface area contributed by atoms with Gasteiger partial charge in [-0.05, 0) is 6.42 Å². The van der Waals surface area contributed by atoms with Gasteiger partial charge in [0.05, 0.1) is 12.8 Å². The molecule has 0 saturated heterocycles. The van der Waals surface area contributed by atoms with Crippen LogP contribution < -0.4 is 0 Å². The molecule has 0 aliphatic rings. The van der Waals surface area contributed by atoms with Crippen molar-refractivity contribution in [3.05, 3.63) is 18.8 Å². The van der Waals surface area contributed by atoms with Gasteiger partial charge in [-0.2, -0.15) is 0 Å². The maximum atomic E-state index is 5.29. The first-order valence-electron chi connectivity index (χ1n) is 4.07. The number of ether oxygens (including phenoxy) is 1. The lowest BCUT2D eigenvalue weighted by molar-refractivity contribution is 0.112. The highest BCUT2D eigenvalue weighted by Gasteiger charge is 1.96. The van der Waals surface area contributed by atoms with Crippen LogP contribution >= 0.6 is 0 Å². The van der Waals surface area contributed by atoms with Crippen molar-refractivity contribution < 1.29 is 9.37 Å². The molecule has 0 spiro atoms. The minimum Gasteiger partial charge on any atom is -0.375 e. The fraction of sp³-hybridized carbons (Fsp3) is 0.625. The van der Waals surface area contributed by atoms with E-state index in [1.165, 1.54) is 0 Å². The van der Waals surface area contributed by atoms with E-state index in [0.717, 1.165) is 31.6 Å². The zero-order chi connectivity index (χ0) is 8.65. The molecule has 1 aromatic heterocycles. The fourth-order valence-corrected chi connectivity index (χ4v) is 0.805. The Morgan fingerprint density at radius 3 is 3.08 bits per heavy atom. The largest absolute Gasteiger partial charge is 0.375 e. The van der Waals surface area contributed by atoms with Gasteiger partial charge in [0, 0.05) is 6.61 Å². The van der Waals surface area contributed by atoms with Crippen LogP contribution in [0.3, 0.4) is 0 Å². The summed E-state index contributed by atoms with van der Waals surface area (Å²) in [7, 11) is 0. The smallest absolute Gasteiger partial charge is 0.130 e. The molecule has 4 nitrogen and oxygen atoms in total. The minimum atomic E-state index is 0.487. The van der Waals surface area contributed by atoms with Crippen molar-refractivity contribution in [2.75, 3.05) is 6.61 Å². The predicted molar refractivity (Wildman–Crippen MR) is 43.2 cm³/mol. The molecule has 67 valence electrons. The number of hydrogen-bond donors (Lipinski definition) is 0. The molecule has 4 heteroatoms. The highest BCUT2D eigenvalue weighted by molar-refractivity contribution is 4.85. The van der Waals surface area contributed by atoms with E-state index in [0.29, 0.717) is 6.61 Å². The molecule has 1 heterocycles. The first-order valence-corrected chi connectivity index (χ1v) is 4.07. The Morgan fingerprint density at radius 2 is 2.42 bits per heavy atom. The maximum Gasteiger partial charge on any atom is 0.130 e. The van der Waals surface area contributed by atoms with Gasteiger partial charge in [-0.3, -0.25) is 0 Å². The van der Waals surface area contributed by atoms with Gasteiger partial charge in [0.1, 0.15) is 5.69 Å². The minimum absolute atomic E-state index is 0.487. The summed E-state index contributed by atoms with van der Waals surface area (Å²) < 4.78 is 9.69. The summed E-state index contributed by atoms with van der Waals surface area (Å²) in [5.74, 6) is 0. The lowest BCUT2D eigenvalue weighted by Gasteiger charge is -1.98. The Bertz CT molecular complexity index is 187. The molecule has 0 aliphatic heterocycles. The highest BCUT2D eigenvalue weighted by Crippen LogP contribution is 1.98. The Morgan fingerprint density at radius 1 is 1.50 bits per heavy atom. The summed E-state index contributed by atoms with van der Waals surface area (Å²) >= 11 is 0. The zero-order valence-corrected chi connectivity index (χ0v) is 7.03. The second-order valence-electron chi connectivity index (χ2n) is 2.51. The van der Waals surface area contributed by atoms with Gasteiger partial charge in [0.2, 0.25) is 0 Å². The summed E-state index contributed by atoms with van der Waals surface area (Å²) in [6, 6.07) is 0. The Kier molecular flexibility index (Phi) is 4.37. The SMILES string of the molecule is [CH2]CCCCOCc1cnon1. The molecule has 1 aromatic rings. The van der Waals surface area contributed by atoms with Crippen LogP contribution in [0.5, 0.6) is 0 Å². The van der Waals surface area contributed by atoms with Gasteiger partial charge in [0.15, 0.2) is 0 Å². The standard InChI is InChI=1S/C8H13N2O2/c1-2-3-4-5-11-7-8-6-9-12-10-8/h6H,1-5,7H2. The van der Waals surface area contributed by atoms with Gasteiger partial charge in [-0.1, -0.05) is 30.1 Å². The van der Waals surface area contributed by atoms with Crippen molar-refractivity contribution in [2.24, 2.45) is 0 Å². The van der Waals surface area contributed by atoms with Crippen LogP contribution in [-0.4, -0.2) is 16.9 Å². The maximum absolute atomic E-state index is 5.29. The number of unbranched alkanes of at least 4 members (excludes halogenated alkanes) is 2. The Balaban J connectivity index is 1.96. The molecule has 0 amide bonds. The Labute approximate surface area is 71.9 Å². The molecule has 0 unspecified atom stereocenters. The third-order valence-electron chi connectivity index (χ3n) is 1.45. The molecule has 1 radical (unpaired) electrons. The van der Waals surface area contributed by atoms with Crippen molar-refractivity contribution in [1.29, 1.82) is 0 Å². The van der Waals surface area contributed by atoms with Gasteiger partial charge in [0.25, 0.3) is 0 Å². The summed E-state index contributed by atoms with van der Waals surface area (Å²) in [5, 5.41) is 7.07. The fourth-order valence-electron chi connectivity index (χ4n) is 0.805. The van der Waals surface area contributed by atoms with E-state index >= 15 is 0 Å². The van der Waals surface area contributed by atoms with E-state index in [2.05, 4.69) is 21.9 Å². The van der Waals surface area contributed by atoms with Crippen LogP contribution in [0.1, 0.15) is 25.0 Å². The first kappa shape index (κ1) is 9.19. The lowest BCUT2D eigenvalue weighted by atomic mass is 10.3. The molecule has 12 heavy (non-hydrogen) atoms. The molecule has 1 rings (SSSR count). The first-order chi connectivity index (χ1) is 5.93. The van der Waals surface area contributed by atoms with E-state index in [-0.39, 0.29) is 0 Å². The quantitative estimate of drug-likeness (QED) is 0.607. The molecule has 0 aromatic carbocycles. The van der Waals surface area contributed by atoms with Gasteiger partial charge >= 0.3 is 0 Å². The normalized spacial score (nSPS) is 10.4. The summed E-state index contributed by atoms with van der Waals surface area (Å²) in [6.45, 7) is 4.98. The van der Waals surface area contributed by atoms with Gasteiger partial charge in [-0.15, -0.1) is 0 Å². The molecule has 0 atom stereocenters. The van der Waals surface area contributed by atoms with E-state index in [4.69, 9.17) is 4.74 Å². The van der Waals surface area contributed by atoms with Gasteiger partial charge < -0.3 is 4.74 Å². The van der Waals surface area contributed by atoms with Crippen molar-refractivity contribution in [3.63, 3.8) is 0 Å². The molecule has 0 bridgehead atoms. The summed E-state index contributed by atoms with van der Waals surface area (Å²) in [5.41, 5.74) is 0.740. The van der Waals surface area contributed by atoms with Gasteiger partial charge in [-0.25, -0.2) is 4.63 Å². The molecule has 0 N–H and O–H groups in total. The summed E-state index contributed by atoms with van der Waals surface area (Å²) in [4.78, 5) is 0. The lowest BCUT2D eigenvalue weighted by Crippen LogP contribution is -1.95. The van der Waals surface area contributed by atoms with Crippen LogP contribution in [0.15, 0.2) is 10.8 Å². The second kappa shape index (κ2) is 5.71. The van der Waals surface area contributed by atoms with Crippen molar-refractivity contribution in [1.82, 2.24) is 10.3 Å². The number of rotatable bonds is 6. The van der Waals surface area contributed by atoms with Crippen LogP contribution in [0.2, 0.25) is 0 Å². The molecular weight excluding hydrogens is 156 g/mol. The van der Waals surface area contributed by atoms with Crippen LogP contribution in [0.4, 0.5) is 0 Å². The third kappa shape index (κ3) is 3.48. The van der Waals surface area contributed by atoms with Crippen LogP contribution in [0.25, 0.3) is 0 Å². The van der Waals surface area contributed by atoms with E-state index in [1.807, 2.05) is 0 Å². The number of hydrogen-bond acceptors (Lipinski definition) is 4. The second-order valence-corrected chi connectivity index (χ2v) is 2.51. The average Bonchev–Trinajstić information content (AvgIpc) is 2.57. The predicted octanol–water partition coefficient (Wildman–Crippen LogP) is 1.59. The topological polar surface area (TPSA) is 48.2 Å². The van der Waals surface area contributed by atoms with E-state index in [1.54, 1.807) is 6.20 Å². The summed E-state index contributed by atoms with van der Waals surface area (Å²) in [6.07, 6.45) is 4.68. The molecule has 0 fully saturated rings. The van der Waals surface area contributed by atoms with Crippen molar-refractivity contribution in [3.8, 4) is 0 Å².